The zero-order chi connectivity index (χ0) is 8.81. The second-order valence-electron chi connectivity index (χ2n) is 2.48. The largest absolute Gasteiger partial charge is 0.370 e. The molecule has 2 heteroatoms. The molecule has 0 amide bonds. The minimum absolute atomic E-state index is 0.832. The van der Waals surface area contributed by atoms with E-state index in [4.69, 9.17) is 0 Å². The Labute approximate surface area is 74.6 Å². The van der Waals surface area contributed by atoms with Crippen LogP contribution in [0.15, 0.2) is 36.1 Å². The fourth-order valence-corrected chi connectivity index (χ4v) is 1.40. The second-order valence-corrected chi connectivity index (χ2v) is 4.29. The van der Waals surface area contributed by atoms with E-state index >= 15 is 0 Å². The van der Waals surface area contributed by atoms with Crippen LogP contribution in [-0.4, -0.2) is 11.1 Å². The summed E-state index contributed by atoms with van der Waals surface area (Å²) in [6.45, 7) is 1.99. The third kappa shape index (κ3) is 3.17. The summed E-state index contributed by atoms with van der Waals surface area (Å²) in [7, 11) is -0.883. The molecule has 0 aliphatic heterocycles. The highest BCUT2D eigenvalue weighted by atomic mass is 31.1. The minimum atomic E-state index is -0.883. The van der Waals surface area contributed by atoms with Crippen LogP contribution < -0.4 is 0 Å². The van der Waals surface area contributed by atoms with Crippen molar-refractivity contribution in [1.82, 2.24) is 0 Å². The van der Waals surface area contributed by atoms with Gasteiger partial charge in [-0.05, 0) is 17.5 Å². The van der Waals surface area contributed by atoms with E-state index in [0.717, 1.165) is 11.7 Å². The van der Waals surface area contributed by atoms with Crippen LogP contribution in [-0.2, 0) is 0 Å². The molecular weight excluding hydrogens is 167 g/mol. The van der Waals surface area contributed by atoms with E-state index in [-0.39, 0.29) is 0 Å². The van der Waals surface area contributed by atoms with Crippen LogP contribution in [0, 0.1) is 0 Å². The first-order chi connectivity index (χ1) is 5.83. The maximum absolute atomic E-state index is 9.30. The predicted octanol–water partition coefficient (Wildman–Crippen LogP) is 3.07. The number of rotatable bonds is 3. The predicted molar refractivity (Wildman–Crippen MR) is 55.2 cm³/mol. The summed E-state index contributed by atoms with van der Waals surface area (Å²) in [5.41, 5.74) is 1.15. The van der Waals surface area contributed by atoms with Crippen LogP contribution in [0.5, 0.6) is 0 Å². The summed E-state index contributed by atoms with van der Waals surface area (Å²) in [5, 5.41) is 0. The molecule has 0 bridgehead atoms. The van der Waals surface area contributed by atoms with Crippen molar-refractivity contribution in [3.63, 3.8) is 0 Å². The standard InChI is InChI=1S/C10H13OP/c1-2-12(11)9-8-10-6-4-3-5-7-10/h3-9,11H,2H2,1H3. The highest BCUT2D eigenvalue weighted by Gasteiger charge is 1.91. The van der Waals surface area contributed by atoms with Gasteiger partial charge in [-0.1, -0.05) is 43.3 Å². The molecule has 1 unspecified atom stereocenters. The van der Waals surface area contributed by atoms with Crippen molar-refractivity contribution in [3.05, 3.63) is 41.7 Å². The monoisotopic (exact) mass is 180 g/mol. The Morgan fingerprint density at radius 1 is 1.33 bits per heavy atom. The zero-order valence-electron chi connectivity index (χ0n) is 7.14. The molecule has 0 aliphatic rings. The van der Waals surface area contributed by atoms with Crippen molar-refractivity contribution in [2.45, 2.75) is 6.92 Å². The molecule has 0 aliphatic carbocycles. The molecule has 12 heavy (non-hydrogen) atoms. The average Bonchev–Trinajstić information content (AvgIpc) is 2.16. The van der Waals surface area contributed by atoms with Gasteiger partial charge in [0.2, 0.25) is 0 Å². The normalized spacial score (nSPS) is 13.5. The van der Waals surface area contributed by atoms with Crippen LogP contribution in [0.1, 0.15) is 12.5 Å². The van der Waals surface area contributed by atoms with Crippen molar-refractivity contribution in [2.24, 2.45) is 0 Å². The van der Waals surface area contributed by atoms with E-state index in [1.165, 1.54) is 0 Å². The van der Waals surface area contributed by atoms with E-state index < -0.39 is 8.15 Å². The smallest absolute Gasteiger partial charge is 0.0486 e. The van der Waals surface area contributed by atoms with Crippen molar-refractivity contribution in [2.75, 3.05) is 6.16 Å². The van der Waals surface area contributed by atoms with Gasteiger partial charge in [-0.15, -0.1) is 0 Å². The Morgan fingerprint density at radius 2 is 2.00 bits per heavy atom. The molecule has 0 heterocycles. The van der Waals surface area contributed by atoms with Gasteiger partial charge in [-0.25, -0.2) is 0 Å². The van der Waals surface area contributed by atoms with E-state index in [0.29, 0.717) is 0 Å². The molecule has 0 radical (unpaired) electrons. The Balaban J connectivity index is 2.58. The van der Waals surface area contributed by atoms with Crippen molar-refractivity contribution >= 4 is 14.2 Å². The third-order valence-corrected chi connectivity index (χ3v) is 2.70. The van der Waals surface area contributed by atoms with Crippen molar-refractivity contribution in [1.29, 1.82) is 0 Å². The molecule has 0 saturated carbocycles. The maximum Gasteiger partial charge on any atom is 0.0486 e. The molecule has 1 aromatic rings. The first-order valence-electron chi connectivity index (χ1n) is 4.01. The maximum atomic E-state index is 9.30. The van der Waals surface area contributed by atoms with Gasteiger partial charge in [-0.3, -0.25) is 0 Å². The van der Waals surface area contributed by atoms with Crippen molar-refractivity contribution < 1.29 is 4.89 Å². The summed E-state index contributed by atoms with van der Waals surface area (Å²) in [6, 6.07) is 10.0. The molecular formula is C10H13OP. The van der Waals surface area contributed by atoms with Crippen LogP contribution >= 0.6 is 8.15 Å². The molecule has 0 spiro atoms. The summed E-state index contributed by atoms with van der Waals surface area (Å²) < 4.78 is 0. The molecule has 1 N–H and O–H groups in total. The highest BCUT2D eigenvalue weighted by Crippen LogP contribution is 2.31. The first-order valence-corrected chi connectivity index (χ1v) is 5.56. The van der Waals surface area contributed by atoms with Gasteiger partial charge in [0, 0.05) is 8.15 Å². The molecule has 1 atom stereocenters. The number of hydrogen-bond acceptors (Lipinski definition) is 1. The van der Waals surface area contributed by atoms with E-state index in [1.807, 2.05) is 49.1 Å². The SMILES string of the molecule is CCP(O)C=Cc1ccccc1. The quantitative estimate of drug-likeness (QED) is 0.709. The van der Waals surface area contributed by atoms with Gasteiger partial charge in [0.05, 0.1) is 0 Å². The van der Waals surface area contributed by atoms with Crippen LogP contribution in [0.4, 0.5) is 0 Å². The molecule has 1 nitrogen and oxygen atoms in total. The van der Waals surface area contributed by atoms with Gasteiger partial charge >= 0.3 is 0 Å². The fourth-order valence-electron chi connectivity index (χ4n) is 0.842. The van der Waals surface area contributed by atoms with Crippen LogP contribution in [0.2, 0.25) is 0 Å². The van der Waals surface area contributed by atoms with Gasteiger partial charge < -0.3 is 4.89 Å². The van der Waals surface area contributed by atoms with E-state index in [1.54, 1.807) is 0 Å². The number of hydrogen-bond donors (Lipinski definition) is 1. The first kappa shape index (κ1) is 9.44. The molecule has 64 valence electrons. The Kier molecular flexibility index (Phi) is 3.99. The van der Waals surface area contributed by atoms with Gasteiger partial charge in [0.25, 0.3) is 0 Å². The molecule has 0 fully saturated rings. The Bertz CT molecular complexity index is 243. The minimum Gasteiger partial charge on any atom is -0.370 e. The Hall–Kier alpha value is -0.650. The average molecular weight is 180 g/mol. The fraction of sp³-hybridized carbons (Fsp3) is 0.200. The third-order valence-electron chi connectivity index (χ3n) is 1.56. The van der Waals surface area contributed by atoms with Crippen LogP contribution in [0.3, 0.4) is 0 Å². The summed E-state index contributed by atoms with van der Waals surface area (Å²) in [5.74, 6) is 1.88. The molecule has 0 aromatic heterocycles. The lowest BCUT2D eigenvalue weighted by atomic mass is 10.2. The van der Waals surface area contributed by atoms with Gasteiger partial charge in [-0.2, -0.15) is 0 Å². The van der Waals surface area contributed by atoms with Crippen molar-refractivity contribution in [3.8, 4) is 0 Å². The summed E-state index contributed by atoms with van der Waals surface area (Å²) >= 11 is 0. The zero-order valence-corrected chi connectivity index (χ0v) is 8.04. The summed E-state index contributed by atoms with van der Waals surface area (Å²) in [6.07, 6.45) is 2.80. The topological polar surface area (TPSA) is 20.2 Å². The Morgan fingerprint density at radius 3 is 2.58 bits per heavy atom. The van der Waals surface area contributed by atoms with Crippen LogP contribution in [0.25, 0.3) is 6.08 Å². The molecule has 1 aromatic carbocycles. The second kappa shape index (κ2) is 5.08. The van der Waals surface area contributed by atoms with E-state index in [9.17, 15) is 4.89 Å². The number of benzene rings is 1. The van der Waals surface area contributed by atoms with E-state index in [2.05, 4.69) is 0 Å². The van der Waals surface area contributed by atoms with Gasteiger partial charge in [0.15, 0.2) is 0 Å². The lowest BCUT2D eigenvalue weighted by Gasteiger charge is -1.98. The highest BCUT2D eigenvalue weighted by molar-refractivity contribution is 7.55. The lowest BCUT2D eigenvalue weighted by Crippen LogP contribution is -1.71. The summed E-state index contributed by atoms with van der Waals surface area (Å²) in [4.78, 5) is 9.30. The molecule has 1 rings (SSSR count). The molecule has 0 saturated heterocycles. The van der Waals surface area contributed by atoms with Gasteiger partial charge in [0.1, 0.15) is 0 Å². The lowest BCUT2D eigenvalue weighted by molar-refractivity contribution is 0.635.